The fourth-order valence-electron chi connectivity index (χ4n) is 3.32. The summed E-state index contributed by atoms with van der Waals surface area (Å²) in [6, 6.07) is 13.7. The number of nitrogens with zero attached hydrogens (tertiary/aromatic N) is 2. The molecule has 0 bridgehead atoms. The van der Waals surface area contributed by atoms with Gasteiger partial charge < -0.3 is 15.4 Å². The Hall–Kier alpha value is -2.58. The molecule has 1 aliphatic heterocycles. The Morgan fingerprint density at radius 3 is 2.39 bits per heavy atom. The molecule has 0 spiro atoms. The predicted octanol–water partition coefficient (Wildman–Crippen LogP) is 3.79. The molecule has 1 heterocycles. The monoisotopic (exact) mass is 434 g/mol. The van der Waals surface area contributed by atoms with E-state index in [9.17, 15) is 13.2 Å². The minimum Gasteiger partial charge on any atom is -0.379 e. The van der Waals surface area contributed by atoms with Crippen LogP contribution in [0.2, 0.25) is 0 Å². The minimum atomic E-state index is -4.35. The molecule has 1 aliphatic rings. The van der Waals surface area contributed by atoms with Crippen molar-refractivity contribution in [1.82, 2.24) is 15.5 Å². The third kappa shape index (κ3) is 7.56. The lowest BCUT2D eigenvalue weighted by Crippen LogP contribution is -2.36. The zero-order chi connectivity index (χ0) is 22.1. The van der Waals surface area contributed by atoms with E-state index >= 15 is 0 Å². The molecule has 2 aromatic rings. The van der Waals surface area contributed by atoms with E-state index < -0.39 is 11.7 Å². The first-order valence-electron chi connectivity index (χ1n) is 10.5. The summed E-state index contributed by atoms with van der Waals surface area (Å²) in [4.78, 5) is 6.80. The lowest BCUT2D eigenvalue weighted by Gasteiger charge is -2.26. The summed E-state index contributed by atoms with van der Waals surface area (Å²) in [7, 11) is 0. The number of rotatable bonds is 7. The van der Waals surface area contributed by atoms with Crippen LogP contribution in [0.4, 0.5) is 13.2 Å². The molecule has 3 rings (SSSR count). The minimum absolute atomic E-state index is 0.164. The van der Waals surface area contributed by atoms with Crippen molar-refractivity contribution in [2.45, 2.75) is 32.7 Å². The van der Waals surface area contributed by atoms with Crippen molar-refractivity contribution in [3.8, 4) is 0 Å². The van der Waals surface area contributed by atoms with Gasteiger partial charge in [-0.3, -0.25) is 4.90 Å². The molecule has 168 valence electrons. The fraction of sp³-hybridized carbons (Fsp3) is 0.435. The SMILES string of the molecule is CCNC(=NCc1cccc(C(F)(F)F)c1)NCc1ccc(CN2CCOCC2)cc1. The van der Waals surface area contributed by atoms with E-state index in [2.05, 4.69) is 44.8 Å². The number of guanidine groups is 1. The number of hydrogen-bond acceptors (Lipinski definition) is 3. The van der Waals surface area contributed by atoms with Crippen LogP contribution in [-0.2, 0) is 30.5 Å². The van der Waals surface area contributed by atoms with Crippen LogP contribution in [0.5, 0.6) is 0 Å². The Morgan fingerprint density at radius 2 is 1.71 bits per heavy atom. The quantitative estimate of drug-likeness (QED) is 0.514. The maximum absolute atomic E-state index is 12.9. The van der Waals surface area contributed by atoms with Crippen LogP contribution in [0, 0.1) is 0 Å². The molecular formula is C23H29F3N4O. The van der Waals surface area contributed by atoms with E-state index in [4.69, 9.17) is 4.74 Å². The number of ether oxygens (including phenoxy) is 1. The topological polar surface area (TPSA) is 48.9 Å². The summed E-state index contributed by atoms with van der Waals surface area (Å²) in [5.41, 5.74) is 2.22. The summed E-state index contributed by atoms with van der Waals surface area (Å²) in [5.74, 6) is 0.567. The average Bonchev–Trinajstić information content (AvgIpc) is 2.77. The third-order valence-electron chi connectivity index (χ3n) is 5.01. The van der Waals surface area contributed by atoms with Gasteiger partial charge in [-0.25, -0.2) is 4.99 Å². The molecule has 8 heteroatoms. The molecule has 0 unspecified atom stereocenters. The van der Waals surface area contributed by atoms with E-state index in [1.807, 2.05) is 6.92 Å². The van der Waals surface area contributed by atoms with Gasteiger partial charge in [0.05, 0.1) is 25.3 Å². The lowest BCUT2D eigenvalue weighted by molar-refractivity contribution is -0.137. The number of alkyl halides is 3. The summed E-state index contributed by atoms with van der Waals surface area (Å²) in [5, 5.41) is 6.37. The molecule has 1 fully saturated rings. The molecule has 0 amide bonds. The molecule has 31 heavy (non-hydrogen) atoms. The van der Waals surface area contributed by atoms with Gasteiger partial charge in [-0.15, -0.1) is 0 Å². The van der Waals surface area contributed by atoms with Crippen LogP contribution >= 0.6 is 0 Å². The van der Waals surface area contributed by atoms with Crippen molar-refractivity contribution < 1.29 is 17.9 Å². The van der Waals surface area contributed by atoms with Crippen LogP contribution in [0.15, 0.2) is 53.5 Å². The summed E-state index contributed by atoms with van der Waals surface area (Å²) >= 11 is 0. The van der Waals surface area contributed by atoms with E-state index in [-0.39, 0.29) is 6.54 Å². The van der Waals surface area contributed by atoms with E-state index in [0.29, 0.717) is 24.6 Å². The van der Waals surface area contributed by atoms with E-state index in [0.717, 1.165) is 50.5 Å². The van der Waals surface area contributed by atoms with Gasteiger partial charge >= 0.3 is 6.18 Å². The number of benzene rings is 2. The molecular weight excluding hydrogens is 405 g/mol. The van der Waals surface area contributed by atoms with Crippen LogP contribution in [0.1, 0.15) is 29.2 Å². The zero-order valence-electron chi connectivity index (χ0n) is 17.7. The van der Waals surface area contributed by atoms with Gasteiger partial charge in [0.25, 0.3) is 0 Å². The highest BCUT2D eigenvalue weighted by molar-refractivity contribution is 5.79. The van der Waals surface area contributed by atoms with Gasteiger partial charge in [0.1, 0.15) is 0 Å². The lowest BCUT2D eigenvalue weighted by atomic mass is 10.1. The van der Waals surface area contributed by atoms with Gasteiger partial charge in [0.15, 0.2) is 5.96 Å². The highest BCUT2D eigenvalue weighted by Gasteiger charge is 2.30. The van der Waals surface area contributed by atoms with Gasteiger partial charge in [-0.1, -0.05) is 36.4 Å². The Morgan fingerprint density at radius 1 is 1.00 bits per heavy atom. The largest absolute Gasteiger partial charge is 0.416 e. The van der Waals surface area contributed by atoms with Crippen molar-refractivity contribution in [1.29, 1.82) is 0 Å². The molecule has 0 aromatic heterocycles. The predicted molar refractivity (Wildman–Crippen MR) is 116 cm³/mol. The second-order valence-electron chi connectivity index (χ2n) is 7.45. The van der Waals surface area contributed by atoms with Gasteiger partial charge in [0.2, 0.25) is 0 Å². The first-order valence-corrected chi connectivity index (χ1v) is 10.5. The van der Waals surface area contributed by atoms with Crippen LogP contribution < -0.4 is 10.6 Å². The Balaban J connectivity index is 1.55. The van der Waals surface area contributed by atoms with Gasteiger partial charge in [-0.05, 0) is 35.7 Å². The van der Waals surface area contributed by atoms with Crippen LogP contribution in [0.3, 0.4) is 0 Å². The molecule has 0 atom stereocenters. The smallest absolute Gasteiger partial charge is 0.379 e. The molecule has 0 aliphatic carbocycles. The Kier molecular flexibility index (Phi) is 8.31. The third-order valence-corrected chi connectivity index (χ3v) is 5.01. The number of morpholine rings is 1. The van der Waals surface area contributed by atoms with Crippen molar-refractivity contribution in [2.24, 2.45) is 4.99 Å². The Labute approximate surface area is 181 Å². The van der Waals surface area contributed by atoms with Crippen LogP contribution in [0.25, 0.3) is 0 Å². The highest BCUT2D eigenvalue weighted by atomic mass is 19.4. The average molecular weight is 435 g/mol. The standard InChI is InChI=1S/C23H29F3N4O/c1-2-27-22(29-16-20-4-3-5-21(14-20)23(24,25)26)28-15-18-6-8-19(9-7-18)17-30-10-12-31-13-11-30/h3-9,14H,2,10-13,15-17H2,1H3,(H2,27,28,29). The number of halogens is 3. The molecule has 0 saturated carbocycles. The normalized spacial score (nSPS) is 15.7. The van der Waals surface area contributed by atoms with Gasteiger partial charge in [-0.2, -0.15) is 13.2 Å². The van der Waals surface area contributed by atoms with Crippen molar-refractivity contribution in [3.05, 3.63) is 70.8 Å². The Bertz CT molecular complexity index is 847. The molecule has 0 radical (unpaired) electrons. The second kappa shape index (κ2) is 11.2. The highest BCUT2D eigenvalue weighted by Crippen LogP contribution is 2.29. The van der Waals surface area contributed by atoms with E-state index in [1.165, 1.54) is 11.6 Å². The number of nitrogens with one attached hydrogen (secondary N) is 2. The maximum Gasteiger partial charge on any atom is 0.416 e. The first-order chi connectivity index (χ1) is 14.9. The number of hydrogen-bond donors (Lipinski definition) is 2. The summed E-state index contributed by atoms with van der Waals surface area (Å²) in [6.07, 6.45) is -4.35. The molecule has 2 aromatic carbocycles. The van der Waals surface area contributed by atoms with Gasteiger partial charge in [0, 0.05) is 32.7 Å². The van der Waals surface area contributed by atoms with Crippen molar-refractivity contribution in [3.63, 3.8) is 0 Å². The fourth-order valence-corrected chi connectivity index (χ4v) is 3.32. The summed E-state index contributed by atoms with van der Waals surface area (Å²) in [6.45, 7) is 7.75. The van der Waals surface area contributed by atoms with Crippen molar-refractivity contribution in [2.75, 3.05) is 32.8 Å². The number of aliphatic imine (C=N–C) groups is 1. The molecule has 2 N–H and O–H groups in total. The first kappa shape index (κ1) is 23.1. The van der Waals surface area contributed by atoms with Crippen molar-refractivity contribution >= 4 is 5.96 Å². The van der Waals surface area contributed by atoms with Crippen LogP contribution in [-0.4, -0.2) is 43.7 Å². The zero-order valence-corrected chi connectivity index (χ0v) is 17.7. The van der Waals surface area contributed by atoms with E-state index in [1.54, 1.807) is 6.07 Å². The summed E-state index contributed by atoms with van der Waals surface area (Å²) < 4.78 is 44.0. The molecule has 5 nitrogen and oxygen atoms in total. The molecule has 1 saturated heterocycles. The maximum atomic E-state index is 12.9. The second-order valence-corrected chi connectivity index (χ2v) is 7.45.